The van der Waals surface area contributed by atoms with Gasteiger partial charge in [-0.2, -0.15) is 5.26 Å². The predicted octanol–water partition coefficient (Wildman–Crippen LogP) is 2.70. The van der Waals surface area contributed by atoms with Crippen LogP contribution in [0.1, 0.15) is 22.8 Å². The summed E-state index contributed by atoms with van der Waals surface area (Å²) in [6.45, 7) is 2.07. The van der Waals surface area contributed by atoms with Crippen LogP contribution >= 0.6 is 11.6 Å². The van der Waals surface area contributed by atoms with Crippen LogP contribution in [0.15, 0.2) is 42.5 Å². The van der Waals surface area contributed by atoms with E-state index in [2.05, 4.69) is 16.0 Å². The lowest BCUT2D eigenvalue weighted by molar-refractivity contribution is -0.122. The number of hydrogen-bond donors (Lipinski definition) is 3. The highest BCUT2D eigenvalue weighted by Gasteiger charge is 2.17. The monoisotopic (exact) mass is 388 g/mol. The Morgan fingerprint density at radius 3 is 2.63 bits per heavy atom. The van der Waals surface area contributed by atoms with Crippen molar-refractivity contribution in [3.8, 4) is 6.07 Å². The summed E-state index contributed by atoms with van der Waals surface area (Å²) in [5.74, 6) is -1.43. The van der Waals surface area contributed by atoms with Crippen molar-refractivity contribution in [3.05, 3.63) is 64.4 Å². The quantitative estimate of drug-likeness (QED) is 0.636. The summed E-state index contributed by atoms with van der Waals surface area (Å²) in [5, 5.41) is 17.4. The predicted molar refractivity (Wildman–Crippen MR) is 101 cm³/mol. The molecule has 0 spiro atoms. The van der Waals surface area contributed by atoms with E-state index in [1.165, 1.54) is 12.1 Å². The van der Waals surface area contributed by atoms with Crippen molar-refractivity contribution < 1.29 is 14.0 Å². The number of nitrogens with one attached hydrogen (secondary N) is 3. The Morgan fingerprint density at radius 2 is 1.93 bits per heavy atom. The molecule has 1 unspecified atom stereocenters. The van der Waals surface area contributed by atoms with E-state index >= 15 is 0 Å². The molecule has 27 heavy (non-hydrogen) atoms. The van der Waals surface area contributed by atoms with E-state index in [4.69, 9.17) is 16.9 Å². The maximum Gasteiger partial charge on any atom is 0.253 e. The van der Waals surface area contributed by atoms with E-state index < -0.39 is 17.8 Å². The summed E-state index contributed by atoms with van der Waals surface area (Å²) in [4.78, 5) is 24.2. The number of nitriles is 1. The van der Waals surface area contributed by atoms with Gasteiger partial charge in [-0.25, -0.2) is 4.39 Å². The Bertz CT molecular complexity index is 882. The normalized spacial score (nSPS) is 11.2. The second-order valence-electron chi connectivity index (χ2n) is 5.67. The number of anilines is 1. The van der Waals surface area contributed by atoms with Crippen molar-refractivity contribution in [1.82, 2.24) is 10.6 Å². The van der Waals surface area contributed by atoms with Gasteiger partial charge in [-0.3, -0.25) is 9.59 Å². The third-order valence-electron chi connectivity index (χ3n) is 3.72. The molecular weight excluding hydrogens is 371 g/mol. The first kappa shape index (κ1) is 20.2. The van der Waals surface area contributed by atoms with Crippen LogP contribution in [0.5, 0.6) is 0 Å². The van der Waals surface area contributed by atoms with Crippen molar-refractivity contribution >= 4 is 29.1 Å². The fourth-order valence-electron chi connectivity index (χ4n) is 2.31. The Morgan fingerprint density at radius 1 is 1.19 bits per heavy atom. The molecule has 0 aromatic heterocycles. The highest BCUT2D eigenvalue weighted by Crippen LogP contribution is 2.17. The van der Waals surface area contributed by atoms with E-state index in [1.807, 2.05) is 0 Å². The van der Waals surface area contributed by atoms with Gasteiger partial charge in [0.05, 0.1) is 16.3 Å². The summed E-state index contributed by atoms with van der Waals surface area (Å²) in [6.07, 6.45) is 0. The van der Waals surface area contributed by atoms with E-state index in [1.54, 1.807) is 43.3 Å². The molecule has 6 nitrogen and oxygen atoms in total. The third kappa shape index (κ3) is 5.43. The first-order valence-electron chi connectivity index (χ1n) is 8.19. The number of nitrogens with zero attached hydrogens (tertiary/aromatic N) is 1. The van der Waals surface area contributed by atoms with Crippen molar-refractivity contribution in [2.24, 2.45) is 0 Å². The second-order valence-corrected chi connectivity index (χ2v) is 6.07. The van der Waals surface area contributed by atoms with E-state index in [9.17, 15) is 14.0 Å². The molecule has 2 aromatic rings. The van der Waals surface area contributed by atoms with Gasteiger partial charge in [-0.05, 0) is 31.2 Å². The van der Waals surface area contributed by atoms with Crippen LogP contribution in [-0.2, 0) is 4.79 Å². The summed E-state index contributed by atoms with van der Waals surface area (Å²) in [7, 11) is 0. The SMILES string of the molecule is CC(NC(=O)c1ccccc1Cl)C(=O)NCCNc1cccc(F)c1C#N. The van der Waals surface area contributed by atoms with Gasteiger partial charge in [0.2, 0.25) is 5.91 Å². The van der Waals surface area contributed by atoms with Crippen LogP contribution in [-0.4, -0.2) is 30.9 Å². The van der Waals surface area contributed by atoms with Crippen LogP contribution < -0.4 is 16.0 Å². The van der Waals surface area contributed by atoms with Gasteiger partial charge >= 0.3 is 0 Å². The van der Waals surface area contributed by atoms with Gasteiger partial charge in [0.15, 0.2) is 0 Å². The minimum Gasteiger partial charge on any atom is -0.382 e. The Labute approximate surface area is 161 Å². The molecule has 1 atom stereocenters. The van der Waals surface area contributed by atoms with Gasteiger partial charge in [-0.15, -0.1) is 0 Å². The standard InChI is InChI=1S/C19H18ClFN4O2/c1-12(25-19(27)13-5-2-3-6-15(13)20)18(26)24-10-9-23-17-8-4-7-16(21)14(17)11-22/h2-8,12,23H,9-10H2,1H3,(H,24,26)(H,25,27). The van der Waals surface area contributed by atoms with Gasteiger partial charge in [-0.1, -0.05) is 29.8 Å². The molecule has 2 amide bonds. The average Bonchev–Trinajstić information content (AvgIpc) is 2.65. The molecule has 0 aliphatic rings. The summed E-state index contributed by atoms with van der Waals surface area (Å²) in [6, 6.07) is 11.8. The number of benzene rings is 2. The maximum atomic E-state index is 13.5. The fourth-order valence-corrected chi connectivity index (χ4v) is 2.53. The highest BCUT2D eigenvalue weighted by molar-refractivity contribution is 6.33. The molecule has 0 aliphatic heterocycles. The van der Waals surface area contributed by atoms with Gasteiger partial charge in [0, 0.05) is 13.1 Å². The molecule has 0 saturated carbocycles. The van der Waals surface area contributed by atoms with Gasteiger partial charge in [0.1, 0.15) is 23.5 Å². The molecule has 0 bridgehead atoms. The molecule has 3 N–H and O–H groups in total. The molecule has 0 fully saturated rings. The highest BCUT2D eigenvalue weighted by atomic mass is 35.5. The molecule has 8 heteroatoms. The first-order chi connectivity index (χ1) is 12.9. The van der Waals surface area contributed by atoms with Crippen LogP contribution in [0.4, 0.5) is 10.1 Å². The lowest BCUT2D eigenvalue weighted by Crippen LogP contribution is -2.45. The molecule has 0 saturated heterocycles. The molecule has 2 aromatic carbocycles. The Hall–Kier alpha value is -3.11. The first-order valence-corrected chi connectivity index (χ1v) is 8.57. The minimum absolute atomic E-state index is 0.0794. The summed E-state index contributed by atoms with van der Waals surface area (Å²) < 4.78 is 13.5. The Kier molecular flexibility index (Phi) is 7.15. The molecule has 140 valence electrons. The topological polar surface area (TPSA) is 94.0 Å². The maximum absolute atomic E-state index is 13.5. The van der Waals surface area contributed by atoms with E-state index in [-0.39, 0.29) is 30.1 Å². The molecule has 0 heterocycles. The average molecular weight is 389 g/mol. The number of hydrogen-bond acceptors (Lipinski definition) is 4. The largest absolute Gasteiger partial charge is 0.382 e. The molecule has 2 rings (SSSR count). The lowest BCUT2D eigenvalue weighted by atomic mass is 10.2. The van der Waals surface area contributed by atoms with Gasteiger partial charge < -0.3 is 16.0 Å². The zero-order valence-electron chi connectivity index (χ0n) is 14.6. The molecular formula is C19H18ClFN4O2. The lowest BCUT2D eigenvalue weighted by Gasteiger charge is -2.15. The van der Waals surface area contributed by atoms with Crippen LogP contribution in [0.3, 0.4) is 0 Å². The van der Waals surface area contributed by atoms with Crippen molar-refractivity contribution in [2.45, 2.75) is 13.0 Å². The van der Waals surface area contributed by atoms with Crippen LogP contribution in [0, 0.1) is 17.1 Å². The molecule has 0 aliphatic carbocycles. The van der Waals surface area contributed by atoms with Crippen molar-refractivity contribution in [1.29, 1.82) is 5.26 Å². The summed E-state index contributed by atoms with van der Waals surface area (Å²) >= 11 is 5.96. The smallest absolute Gasteiger partial charge is 0.253 e. The number of carbonyl (C=O) groups is 2. The van der Waals surface area contributed by atoms with Crippen molar-refractivity contribution in [3.63, 3.8) is 0 Å². The number of amides is 2. The van der Waals surface area contributed by atoms with E-state index in [0.29, 0.717) is 10.7 Å². The van der Waals surface area contributed by atoms with Crippen molar-refractivity contribution in [2.75, 3.05) is 18.4 Å². The zero-order chi connectivity index (χ0) is 19.8. The number of rotatable bonds is 7. The minimum atomic E-state index is -0.766. The summed E-state index contributed by atoms with van der Waals surface area (Å²) in [5.41, 5.74) is 0.562. The number of carbonyl (C=O) groups excluding carboxylic acids is 2. The van der Waals surface area contributed by atoms with Crippen LogP contribution in [0.25, 0.3) is 0 Å². The Balaban J connectivity index is 1.80. The van der Waals surface area contributed by atoms with E-state index in [0.717, 1.165) is 0 Å². The third-order valence-corrected chi connectivity index (χ3v) is 4.05. The van der Waals surface area contributed by atoms with Crippen LogP contribution in [0.2, 0.25) is 5.02 Å². The second kappa shape index (κ2) is 9.55. The van der Waals surface area contributed by atoms with Gasteiger partial charge in [0.25, 0.3) is 5.91 Å². The number of halogens is 2. The fraction of sp³-hybridized carbons (Fsp3) is 0.211. The zero-order valence-corrected chi connectivity index (χ0v) is 15.3. The molecule has 0 radical (unpaired) electrons.